The number of aromatic hydroxyl groups is 1. The Balaban J connectivity index is 2.23. The topological polar surface area (TPSA) is 110 Å². The molecule has 0 atom stereocenters. The summed E-state index contributed by atoms with van der Waals surface area (Å²) >= 11 is 0. The molecule has 1 aromatic carbocycles. The number of carbonyl (C=O) groups excluding carboxylic acids is 1. The Kier molecular flexibility index (Phi) is 4.74. The Morgan fingerprint density at radius 3 is 2.61 bits per heavy atom. The van der Waals surface area contributed by atoms with Crippen molar-refractivity contribution in [2.75, 3.05) is 11.1 Å². The van der Waals surface area contributed by atoms with Crippen molar-refractivity contribution >= 4 is 21.4 Å². The second-order valence-electron chi connectivity index (χ2n) is 5.11. The number of phenolic OH excluding ortho intramolecular Hbond substituents is 1. The number of aryl methyl sites for hydroxylation is 2. The van der Waals surface area contributed by atoms with E-state index in [1.54, 1.807) is 13.8 Å². The second kappa shape index (κ2) is 6.41. The van der Waals surface area contributed by atoms with Gasteiger partial charge in [0.1, 0.15) is 11.5 Å². The summed E-state index contributed by atoms with van der Waals surface area (Å²) in [7, 11) is -3.42. The summed E-state index contributed by atoms with van der Waals surface area (Å²) in [6.45, 7) is 4.96. The van der Waals surface area contributed by atoms with Crippen LogP contribution in [-0.4, -0.2) is 30.3 Å². The third kappa shape index (κ3) is 3.70. The molecule has 1 aromatic heterocycles. The lowest BCUT2D eigenvalue weighted by molar-refractivity contribution is -0.115. The second-order valence-corrected chi connectivity index (χ2v) is 7.39. The van der Waals surface area contributed by atoms with E-state index < -0.39 is 15.7 Å². The molecule has 0 saturated heterocycles. The lowest BCUT2D eigenvalue weighted by atomic mass is 10.1. The zero-order valence-electron chi connectivity index (χ0n) is 13.1. The van der Waals surface area contributed by atoms with Crippen LogP contribution in [0.3, 0.4) is 0 Å². The van der Waals surface area contributed by atoms with Crippen LogP contribution in [0.2, 0.25) is 0 Å². The van der Waals surface area contributed by atoms with E-state index in [0.717, 1.165) is 0 Å². The molecule has 0 spiro atoms. The zero-order chi connectivity index (χ0) is 17.2. The minimum absolute atomic E-state index is 0.0192. The van der Waals surface area contributed by atoms with Gasteiger partial charge < -0.3 is 14.9 Å². The van der Waals surface area contributed by atoms with Crippen molar-refractivity contribution in [2.45, 2.75) is 32.1 Å². The molecule has 0 aliphatic heterocycles. The largest absolute Gasteiger partial charge is 0.506 e. The summed E-state index contributed by atoms with van der Waals surface area (Å²) in [6.07, 6.45) is 0.0192. The normalized spacial score (nSPS) is 11.4. The van der Waals surface area contributed by atoms with Gasteiger partial charge in [0.25, 0.3) is 0 Å². The van der Waals surface area contributed by atoms with E-state index in [1.165, 1.54) is 25.1 Å². The molecule has 0 fully saturated rings. The molecule has 2 rings (SSSR count). The number of phenols is 1. The van der Waals surface area contributed by atoms with Crippen LogP contribution in [0.1, 0.15) is 23.9 Å². The maximum Gasteiger partial charge on any atom is 0.229 e. The summed E-state index contributed by atoms with van der Waals surface area (Å²) in [5.41, 5.74) is 1.33. The number of benzene rings is 1. The smallest absolute Gasteiger partial charge is 0.229 e. The Bertz CT molecular complexity index is 820. The number of nitrogens with one attached hydrogen (secondary N) is 1. The van der Waals surface area contributed by atoms with Crippen LogP contribution in [0.4, 0.5) is 5.69 Å². The fourth-order valence-corrected chi connectivity index (χ4v) is 2.99. The first-order chi connectivity index (χ1) is 10.7. The highest BCUT2D eigenvalue weighted by Gasteiger charge is 2.17. The highest BCUT2D eigenvalue weighted by Crippen LogP contribution is 2.27. The van der Waals surface area contributed by atoms with Crippen molar-refractivity contribution in [3.05, 3.63) is 35.2 Å². The molecule has 2 N–H and O–H groups in total. The summed E-state index contributed by atoms with van der Waals surface area (Å²) in [5.74, 6) is -0.123. The molecule has 0 unspecified atom stereocenters. The molecule has 1 amide bonds. The number of carbonyl (C=O) groups is 1. The van der Waals surface area contributed by atoms with Crippen molar-refractivity contribution < 1.29 is 22.8 Å². The van der Waals surface area contributed by atoms with Gasteiger partial charge in [0.2, 0.25) is 5.91 Å². The Labute approximate surface area is 134 Å². The van der Waals surface area contributed by atoms with E-state index >= 15 is 0 Å². The molecule has 0 aliphatic carbocycles. The molecule has 1 heterocycles. The van der Waals surface area contributed by atoms with Crippen LogP contribution in [0.15, 0.2) is 27.6 Å². The zero-order valence-corrected chi connectivity index (χ0v) is 13.9. The quantitative estimate of drug-likeness (QED) is 0.807. The molecule has 124 valence electrons. The third-order valence-corrected chi connectivity index (χ3v) is 5.23. The van der Waals surface area contributed by atoms with Crippen LogP contribution in [-0.2, 0) is 21.1 Å². The maximum absolute atomic E-state index is 12.1. The van der Waals surface area contributed by atoms with Crippen LogP contribution in [0.5, 0.6) is 5.75 Å². The van der Waals surface area contributed by atoms with E-state index in [1.807, 2.05) is 0 Å². The van der Waals surface area contributed by atoms with Gasteiger partial charge in [-0.25, -0.2) is 8.42 Å². The molecule has 0 saturated carbocycles. The molecule has 2 aromatic rings. The molecular weight excluding hydrogens is 320 g/mol. The average molecular weight is 338 g/mol. The fraction of sp³-hybridized carbons (Fsp3) is 0.333. The summed E-state index contributed by atoms with van der Waals surface area (Å²) in [4.78, 5) is 12.2. The van der Waals surface area contributed by atoms with E-state index in [0.29, 0.717) is 17.0 Å². The van der Waals surface area contributed by atoms with Gasteiger partial charge in [-0.05, 0) is 32.0 Å². The minimum atomic E-state index is -3.42. The highest BCUT2D eigenvalue weighted by molar-refractivity contribution is 7.91. The molecule has 0 aliphatic rings. The number of anilines is 1. The third-order valence-electron chi connectivity index (χ3n) is 3.50. The Morgan fingerprint density at radius 1 is 1.35 bits per heavy atom. The van der Waals surface area contributed by atoms with E-state index in [2.05, 4.69) is 10.5 Å². The van der Waals surface area contributed by atoms with Gasteiger partial charge >= 0.3 is 0 Å². The molecular formula is C15H18N2O5S. The van der Waals surface area contributed by atoms with Crippen molar-refractivity contribution in [1.29, 1.82) is 0 Å². The van der Waals surface area contributed by atoms with E-state index in [-0.39, 0.29) is 28.5 Å². The molecule has 7 nitrogen and oxygen atoms in total. The molecule has 0 bridgehead atoms. The van der Waals surface area contributed by atoms with Gasteiger partial charge in [0, 0.05) is 5.56 Å². The monoisotopic (exact) mass is 338 g/mol. The van der Waals surface area contributed by atoms with Crippen molar-refractivity contribution in [1.82, 2.24) is 5.16 Å². The lowest BCUT2D eigenvalue weighted by Crippen LogP contribution is -2.16. The van der Waals surface area contributed by atoms with Crippen LogP contribution in [0, 0.1) is 13.8 Å². The van der Waals surface area contributed by atoms with Gasteiger partial charge in [-0.1, -0.05) is 12.1 Å². The first-order valence-corrected chi connectivity index (χ1v) is 8.67. The lowest BCUT2D eigenvalue weighted by Gasteiger charge is -2.09. The van der Waals surface area contributed by atoms with Crippen LogP contribution >= 0.6 is 0 Å². The SMILES string of the molecule is CCS(=O)(=O)c1ccc(O)c(NC(=O)Cc2c(C)noc2C)c1. The standard InChI is InChI=1S/C15H18N2O5S/c1-4-23(20,21)11-5-6-14(18)13(7-11)16-15(19)8-12-9(2)17-22-10(12)3/h5-7,18H,4,8H2,1-3H3,(H,16,19). The maximum atomic E-state index is 12.1. The number of hydrogen-bond acceptors (Lipinski definition) is 6. The van der Waals surface area contributed by atoms with E-state index in [9.17, 15) is 18.3 Å². The van der Waals surface area contributed by atoms with Gasteiger partial charge in [-0.2, -0.15) is 0 Å². The number of nitrogens with zero attached hydrogens (tertiary/aromatic N) is 1. The summed E-state index contributed by atoms with van der Waals surface area (Å²) in [5, 5.41) is 16.1. The molecule has 8 heteroatoms. The Morgan fingerprint density at radius 2 is 2.04 bits per heavy atom. The van der Waals surface area contributed by atoms with E-state index in [4.69, 9.17) is 4.52 Å². The number of hydrogen-bond donors (Lipinski definition) is 2. The predicted molar refractivity (Wildman–Crippen MR) is 84.1 cm³/mol. The number of aromatic nitrogens is 1. The van der Waals surface area contributed by atoms with Gasteiger partial charge in [0.05, 0.1) is 28.5 Å². The average Bonchev–Trinajstić information content (AvgIpc) is 2.81. The van der Waals surface area contributed by atoms with Gasteiger partial charge in [-0.15, -0.1) is 0 Å². The number of amides is 1. The van der Waals surface area contributed by atoms with Crippen LogP contribution < -0.4 is 5.32 Å². The van der Waals surface area contributed by atoms with Gasteiger partial charge in [0.15, 0.2) is 9.84 Å². The summed E-state index contributed by atoms with van der Waals surface area (Å²) in [6, 6.07) is 3.80. The van der Waals surface area contributed by atoms with Crippen LogP contribution in [0.25, 0.3) is 0 Å². The van der Waals surface area contributed by atoms with Crippen molar-refractivity contribution in [3.63, 3.8) is 0 Å². The summed E-state index contributed by atoms with van der Waals surface area (Å²) < 4.78 is 28.8. The van der Waals surface area contributed by atoms with Crippen molar-refractivity contribution in [3.8, 4) is 5.75 Å². The van der Waals surface area contributed by atoms with Gasteiger partial charge in [-0.3, -0.25) is 4.79 Å². The predicted octanol–water partition coefficient (Wildman–Crippen LogP) is 1.97. The number of rotatable bonds is 5. The minimum Gasteiger partial charge on any atom is -0.506 e. The highest BCUT2D eigenvalue weighted by atomic mass is 32.2. The number of sulfone groups is 1. The first-order valence-electron chi connectivity index (χ1n) is 7.02. The Hall–Kier alpha value is -2.35. The first kappa shape index (κ1) is 17.0. The van der Waals surface area contributed by atoms with Crippen molar-refractivity contribution in [2.24, 2.45) is 0 Å². The molecule has 0 radical (unpaired) electrons. The molecule has 23 heavy (non-hydrogen) atoms. The fourth-order valence-electron chi connectivity index (χ4n) is 2.08.